The van der Waals surface area contributed by atoms with Crippen LogP contribution in [0.15, 0.2) is 84.5 Å². The first-order valence-corrected chi connectivity index (χ1v) is 9.38. The molecule has 0 N–H and O–H groups in total. The molecule has 0 saturated carbocycles. The van der Waals surface area contributed by atoms with Crippen molar-refractivity contribution in [2.24, 2.45) is 17.3 Å². The topological polar surface area (TPSA) is 0 Å². The molecule has 1 aliphatic carbocycles. The molecule has 0 aromatic heterocycles. The van der Waals surface area contributed by atoms with Gasteiger partial charge < -0.3 is 0 Å². The van der Waals surface area contributed by atoms with Crippen molar-refractivity contribution in [1.29, 1.82) is 0 Å². The first-order chi connectivity index (χ1) is 11.9. The van der Waals surface area contributed by atoms with Gasteiger partial charge in [-0.2, -0.15) is 0 Å². The molecular weight excluding hydrogens is 300 g/mol. The monoisotopic (exact) mass is 330 g/mol. The van der Waals surface area contributed by atoms with E-state index < -0.39 is 0 Å². The Kier molecular flexibility index (Phi) is 4.73. The molecule has 0 radical (unpaired) electrons. The van der Waals surface area contributed by atoms with Crippen molar-refractivity contribution in [2.75, 3.05) is 0 Å². The van der Waals surface area contributed by atoms with Crippen molar-refractivity contribution in [3.05, 3.63) is 95.6 Å². The number of hydrogen-bond acceptors (Lipinski definition) is 0. The number of rotatable bonds is 4. The predicted octanol–water partition coefficient (Wildman–Crippen LogP) is 6.79. The van der Waals surface area contributed by atoms with Gasteiger partial charge in [-0.15, -0.1) is 0 Å². The lowest BCUT2D eigenvalue weighted by atomic mass is 9.51. The summed E-state index contributed by atoms with van der Waals surface area (Å²) in [6, 6.07) is 22.2. The Morgan fingerprint density at radius 3 is 1.64 bits per heavy atom. The molecule has 0 saturated heterocycles. The summed E-state index contributed by atoms with van der Waals surface area (Å²) >= 11 is 0. The van der Waals surface area contributed by atoms with Crippen LogP contribution in [-0.4, -0.2) is 0 Å². The molecule has 3 rings (SSSR count). The summed E-state index contributed by atoms with van der Waals surface area (Å²) in [7, 11) is 0. The van der Waals surface area contributed by atoms with Crippen LogP contribution in [0.25, 0.3) is 0 Å². The maximum Gasteiger partial charge on any atom is 0.0351 e. The van der Waals surface area contributed by atoms with E-state index in [-0.39, 0.29) is 10.8 Å². The van der Waals surface area contributed by atoms with Gasteiger partial charge in [-0.3, -0.25) is 0 Å². The second-order valence-electron chi connectivity index (χ2n) is 8.47. The van der Waals surface area contributed by atoms with Gasteiger partial charge in [-0.25, -0.2) is 0 Å². The maximum absolute atomic E-state index is 2.42. The highest BCUT2D eigenvalue weighted by Crippen LogP contribution is 2.56. The van der Waals surface area contributed by atoms with Crippen molar-refractivity contribution in [3.8, 4) is 0 Å². The third-order valence-corrected chi connectivity index (χ3v) is 5.73. The second-order valence-corrected chi connectivity index (χ2v) is 8.47. The molecule has 1 unspecified atom stereocenters. The maximum atomic E-state index is 2.42. The molecule has 0 heterocycles. The van der Waals surface area contributed by atoms with Crippen LogP contribution in [0, 0.1) is 17.3 Å². The minimum atomic E-state index is -0.0986. The van der Waals surface area contributed by atoms with Gasteiger partial charge in [0.05, 0.1) is 0 Å². The molecule has 1 atom stereocenters. The Balaban J connectivity index is 2.35. The van der Waals surface area contributed by atoms with E-state index in [4.69, 9.17) is 0 Å². The summed E-state index contributed by atoms with van der Waals surface area (Å²) in [4.78, 5) is 0. The van der Waals surface area contributed by atoms with Gasteiger partial charge in [-0.1, -0.05) is 119 Å². The van der Waals surface area contributed by atoms with E-state index in [1.165, 1.54) is 16.7 Å². The fourth-order valence-electron chi connectivity index (χ4n) is 4.70. The predicted molar refractivity (Wildman–Crippen MR) is 109 cm³/mol. The molecule has 0 fully saturated rings. The first kappa shape index (κ1) is 17.7. The average molecular weight is 331 g/mol. The molecule has 0 aliphatic heterocycles. The smallest absolute Gasteiger partial charge is 0.0351 e. The highest BCUT2D eigenvalue weighted by molar-refractivity contribution is 5.49. The highest BCUT2D eigenvalue weighted by atomic mass is 14.5. The normalized spacial score (nSPS) is 17.8. The van der Waals surface area contributed by atoms with Crippen molar-refractivity contribution >= 4 is 0 Å². The fourth-order valence-corrected chi connectivity index (χ4v) is 4.70. The van der Waals surface area contributed by atoms with Gasteiger partial charge in [0.15, 0.2) is 0 Å². The standard InChI is InChI=1S/C25H30/c1-19(2)22-17-12-18-23(22)25(24(3,4)5,20-13-8-6-9-14-20)21-15-10-7-11-16-21/h6-19,23H,1-5H3. The van der Waals surface area contributed by atoms with E-state index in [1.54, 1.807) is 0 Å². The summed E-state index contributed by atoms with van der Waals surface area (Å²) in [5.74, 6) is 0.909. The molecule has 0 nitrogen and oxygen atoms in total. The summed E-state index contributed by atoms with van der Waals surface area (Å²) in [5.41, 5.74) is 4.29. The molecule has 1 aliphatic rings. The fraction of sp³-hybridized carbons (Fsp3) is 0.360. The molecule has 0 bridgehead atoms. The van der Waals surface area contributed by atoms with Crippen LogP contribution >= 0.6 is 0 Å². The SMILES string of the molecule is CC(C)C1=CC=CC1C(c1ccccc1)(c1ccccc1)C(C)(C)C. The zero-order chi connectivity index (χ0) is 18.1. The highest BCUT2D eigenvalue weighted by Gasteiger charge is 2.51. The van der Waals surface area contributed by atoms with Gasteiger partial charge in [0.25, 0.3) is 0 Å². The zero-order valence-electron chi connectivity index (χ0n) is 16.2. The van der Waals surface area contributed by atoms with Crippen LogP contribution < -0.4 is 0 Å². The number of hydrogen-bond donors (Lipinski definition) is 0. The third kappa shape index (κ3) is 2.88. The molecule has 2 aromatic rings. The minimum absolute atomic E-state index is 0.0586. The van der Waals surface area contributed by atoms with Crippen molar-refractivity contribution in [3.63, 3.8) is 0 Å². The summed E-state index contributed by atoms with van der Waals surface area (Å²) in [6.07, 6.45) is 7.01. The van der Waals surface area contributed by atoms with Crippen LogP contribution in [0.2, 0.25) is 0 Å². The number of benzene rings is 2. The Hall–Kier alpha value is -2.08. The zero-order valence-corrected chi connectivity index (χ0v) is 16.2. The minimum Gasteiger partial charge on any atom is -0.0761 e. The molecule has 0 spiro atoms. The molecule has 0 heteroatoms. The van der Waals surface area contributed by atoms with Crippen LogP contribution in [0.3, 0.4) is 0 Å². The molecule has 0 amide bonds. The Bertz CT molecular complexity index is 715. The van der Waals surface area contributed by atoms with E-state index in [9.17, 15) is 0 Å². The third-order valence-electron chi connectivity index (χ3n) is 5.73. The van der Waals surface area contributed by atoms with Crippen molar-refractivity contribution in [1.82, 2.24) is 0 Å². The molecule has 25 heavy (non-hydrogen) atoms. The van der Waals surface area contributed by atoms with Crippen molar-refractivity contribution in [2.45, 2.75) is 40.0 Å². The second kappa shape index (κ2) is 6.67. The van der Waals surface area contributed by atoms with E-state index >= 15 is 0 Å². The summed E-state index contributed by atoms with van der Waals surface area (Å²) in [5, 5.41) is 0. The van der Waals surface area contributed by atoms with Gasteiger partial charge in [0.2, 0.25) is 0 Å². The lowest BCUT2D eigenvalue weighted by Gasteiger charge is -2.51. The number of allylic oxidation sites excluding steroid dienone is 4. The van der Waals surface area contributed by atoms with Gasteiger partial charge >= 0.3 is 0 Å². The van der Waals surface area contributed by atoms with E-state index in [0.717, 1.165) is 0 Å². The molecule has 130 valence electrons. The lowest BCUT2D eigenvalue weighted by molar-refractivity contribution is 0.185. The van der Waals surface area contributed by atoms with Gasteiger partial charge in [0.1, 0.15) is 0 Å². The molecular formula is C25H30. The summed E-state index contributed by atoms with van der Waals surface area (Å²) in [6.45, 7) is 11.8. The van der Waals surface area contributed by atoms with Crippen LogP contribution in [-0.2, 0) is 5.41 Å². The van der Waals surface area contributed by atoms with E-state index in [2.05, 4.69) is 114 Å². The largest absolute Gasteiger partial charge is 0.0761 e. The van der Waals surface area contributed by atoms with E-state index in [1.807, 2.05) is 0 Å². The van der Waals surface area contributed by atoms with Gasteiger partial charge in [-0.05, 0) is 22.5 Å². The Morgan fingerprint density at radius 1 is 0.760 bits per heavy atom. The van der Waals surface area contributed by atoms with Gasteiger partial charge in [0, 0.05) is 11.3 Å². The van der Waals surface area contributed by atoms with Crippen molar-refractivity contribution < 1.29 is 0 Å². The first-order valence-electron chi connectivity index (χ1n) is 9.38. The molecule has 2 aromatic carbocycles. The quantitative estimate of drug-likeness (QED) is 0.579. The van der Waals surface area contributed by atoms with E-state index in [0.29, 0.717) is 11.8 Å². The Morgan fingerprint density at radius 2 is 1.24 bits per heavy atom. The lowest BCUT2D eigenvalue weighted by Crippen LogP contribution is -2.47. The van der Waals surface area contributed by atoms with Crippen LogP contribution in [0.1, 0.15) is 45.7 Å². The summed E-state index contributed by atoms with van der Waals surface area (Å²) < 4.78 is 0. The Labute approximate surface area is 153 Å². The average Bonchev–Trinajstić information content (AvgIpc) is 3.06. The van der Waals surface area contributed by atoms with Crippen LogP contribution in [0.5, 0.6) is 0 Å². The van der Waals surface area contributed by atoms with Crippen LogP contribution in [0.4, 0.5) is 0 Å².